The highest BCUT2D eigenvalue weighted by Gasteiger charge is 2.76. The Kier molecular flexibility index (Phi) is 6.55. The predicted molar refractivity (Wildman–Crippen MR) is 150 cm³/mol. The molecule has 2 saturated heterocycles. The Morgan fingerprint density at radius 1 is 0.975 bits per heavy atom. The highest BCUT2D eigenvalue weighted by Crippen LogP contribution is 2.67. The summed E-state index contributed by atoms with van der Waals surface area (Å²) >= 11 is 17.6. The number of carbonyl (C=O) groups is 4. The zero-order valence-corrected chi connectivity index (χ0v) is 24.4. The van der Waals surface area contributed by atoms with Crippen molar-refractivity contribution in [3.8, 4) is 11.5 Å². The van der Waals surface area contributed by atoms with Gasteiger partial charge in [0.05, 0.1) is 30.9 Å². The number of nitrogens with zero attached hydrogens (tertiary/aromatic N) is 2. The van der Waals surface area contributed by atoms with Crippen molar-refractivity contribution < 1.29 is 29.0 Å². The van der Waals surface area contributed by atoms with E-state index in [9.17, 15) is 24.3 Å². The number of benzene rings is 2. The van der Waals surface area contributed by atoms with Crippen LogP contribution in [-0.4, -0.2) is 60.8 Å². The maximum absolute atomic E-state index is 13.9. The molecule has 2 aliphatic carbocycles. The molecule has 0 spiro atoms. The van der Waals surface area contributed by atoms with E-state index in [0.29, 0.717) is 5.57 Å². The number of allylic oxidation sites excluding steroid dienone is 2. The van der Waals surface area contributed by atoms with E-state index in [-0.39, 0.29) is 53.7 Å². The van der Waals surface area contributed by atoms with Crippen molar-refractivity contribution in [2.24, 2.45) is 17.8 Å². The lowest BCUT2D eigenvalue weighted by Crippen LogP contribution is -2.60. The van der Waals surface area contributed by atoms with Crippen molar-refractivity contribution in [1.82, 2.24) is 9.80 Å². The number of hydrogen-bond acceptors (Lipinski definition) is 6. The van der Waals surface area contributed by atoms with Crippen molar-refractivity contribution >= 4 is 62.8 Å². The van der Waals surface area contributed by atoms with Crippen LogP contribution in [0.15, 0.2) is 60.2 Å². The minimum atomic E-state index is -2.02. The minimum absolute atomic E-state index is 0.121. The summed E-state index contributed by atoms with van der Waals surface area (Å²) < 4.78 is 5.57. The number of hydrogen-bond donors (Lipinski definition) is 1. The number of aromatic hydroxyl groups is 1. The number of halogens is 3. The number of methoxy groups -OCH3 is 1. The second-order valence-corrected chi connectivity index (χ2v) is 12.4. The minimum Gasteiger partial charge on any atom is -0.508 e. The van der Waals surface area contributed by atoms with E-state index in [4.69, 9.17) is 27.9 Å². The average molecular weight is 648 g/mol. The maximum Gasteiger partial charge on any atom is 0.254 e. The average Bonchev–Trinajstić information content (AvgIpc) is 3.27. The molecule has 40 heavy (non-hydrogen) atoms. The number of rotatable bonds is 5. The number of fused-ring (bicyclic) bond motifs is 4. The number of phenols is 1. The number of ether oxygens (including phenoxy) is 1. The lowest BCUT2D eigenvalue weighted by molar-refractivity contribution is -0.141. The largest absolute Gasteiger partial charge is 0.508 e. The Bertz CT molecular complexity index is 1480. The molecule has 2 aromatic rings. The zero-order chi connectivity index (χ0) is 28.6. The van der Waals surface area contributed by atoms with Gasteiger partial charge in [-0.3, -0.25) is 29.0 Å². The number of imide groups is 2. The Morgan fingerprint density at radius 2 is 1.70 bits per heavy atom. The molecule has 6 atom stereocenters. The summed E-state index contributed by atoms with van der Waals surface area (Å²) in [7, 11) is 1.42. The van der Waals surface area contributed by atoms with Crippen LogP contribution in [0.25, 0.3) is 0 Å². The smallest absolute Gasteiger partial charge is 0.254 e. The van der Waals surface area contributed by atoms with Gasteiger partial charge in [-0.25, -0.2) is 0 Å². The van der Waals surface area contributed by atoms with Crippen molar-refractivity contribution in [3.05, 3.63) is 71.3 Å². The summed E-state index contributed by atoms with van der Waals surface area (Å²) in [5.41, 5.74) is 1.48. The van der Waals surface area contributed by atoms with Crippen LogP contribution in [0.1, 0.15) is 29.9 Å². The number of amides is 4. The van der Waals surface area contributed by atoms with E-state index in [2.05, 4.69) is 15.9 Å². The topological polar surface area (TPSA) is 104 Å². The molecule has 6 unspecified atom stereocenters. The van der Waals surface area contributed by atoms with Crippen molar-refractivity contribution in [3.63, 3.8) is 0 Å². The molecule has 1 N–H and O–H groups in total. The molecule has 208 valence electrons. The first-order valence-electron chi connectivity index (χ1n) is 12.8. The van der Waals surface area contributed by atoms with Crippen LogP contribution in [0, 0.1) is 17.8 Å². The maximum atomic E-state index is 13.9. The molecule has 3 fully saturated rings. The van der Waals surface area contributed by atoms with E-state index >= 15 is 0 Å². The molecule has 0 aromatic heterocycles. The fourth-order valence-electron chi connectivity index (χ4n) is 7.06. The number of phenolic OH excluding ortho intramolecular Hbond substituents is 1. The van der Waals surface area contributed by atoms with E-state index < -0.39 is 45.2 Å². The highest BCUT2D eigenvalue weighted by atomic mass is 79.9. The first kappa shape index (κ1) is 27.3. The Morgan fingerprint density at radius 3 is 2.38 bits per heavy atom. The van der Waals surface area contributed by atoms with Gasteiger partial charge in [0.1, 0.15) is 11.5 Å². The number of likely N-dealkylation sites (tertiary alicyclic amines) is 2. The molecule has 1 saturated carbocycles. The van der Waals surface area contributed by atoms with E-state index in [0.717, 1.165) is 10.5 Å². The van der Waals surface area contributed by atoms with Crippen LogP contribution in [0.2, 0.25) is 0 Å². The van der Waals surface area contributed by atoms with Gasteiger partial charge < -0.3 is 9.84 Å². The molecule has 0 radical (unpaired) electrons. The fraction of sp³-hybridized carbons (Fsp3) is 0.379. The standard InChI is InChI=1S/C29H25BrCl2N2O6/c1-40-20-9-5-8-19(35)22(20)23-16-10-11-17-21(25(37)33(24(17)36)13-15-6-3-2-4-7-15)18(16)12-28(31)26(38)34(14-30)27(39)29(23,28)32/h2-10,17-18,21,23,35H,11-14H2,1H3. The van der Waals surface area contributed by atoms with Crippen molar-refractivity contribution in [2.75, 3.05) is 12.6 Å². The summed E-state index contributed by atoms with van der Waals surface area (Å²) in [6.07, 6.45) is 1.95. The monoisotopic (exact) mass is 646 g/mol. The molecule has 4 amide bonds. The second kappa shape index (κ2) is 9.60. The first-order chi connectivity index (χ1) is 19.1. The summed E-state index contributed by atoms with van der Waals surface area (Å²) in [6.45, 7) is 0.129. The molecule has 2 aliphatic heterocycles. The van der Waals surface area contributed by atoms with Gasteiger partial charge in [-0.2, -0.15) is 0 Å². The summed E-state index contributed by atoms with van der Waals surface area (Å²) in [5, 5.41) is 11.1. The third kappa shape index (κ3) is 3.50. The van der Waals surface area contributed by atoms with E-state index in [1.54, 1.807) is 12.1 Å². The quantitative estimate of drug-likeness (QED) is 0.225. The third-order valence-electron chi connectivity index (χ3n) is 8.84. The molecule has 2 heterocycles. The summed E-state index contributed by atoms with van der Waals surface area (Å²) in [4.78, 5) is 53.3. The molecule has 11 heteroatoms. The SMILES string of the molecule is COc1cccc(O)c1C1C2=CCC3C(=O)N(Cc4ccccc4)C(=O)C3C2CC2(Cl)C(=O)N(CBr)C(=O)C12Cl. The van der Waals surface area contributed by atoms with Gasteiger partial charge in [0.25, 0.3) is 11.8 Å². The van der Waals surface area contributed by atoms with Gasteiger partial charge in [-0.05, 0) is 36.5 Å². The molecule has 0 bridgehead atoms. The molecule has 4 aliphatic rings. The van der Waals surface area contributed by atoms with Crippen LogP contribution >= 0.6 is 39.1 Å². The molecular formula is C29H25BrCl2N2O6. The number of alkyl halides is 3. The van der Waals surface area contributed by atoms with Crippen LogP contribution in [0.5, 0.6) is 11.5 Å². The first-order valence-corrected chi connectivity index (χ1v) is 14.7. The third-order valence-corrected chi connectivity index (χ3v) is 10.8. The van der Waals surface area contributed by atoms with Crippen LogP contribution in [0.3, 0.4) is 0 Å². The van der Waals surface area contributed by atoms with Crippen molar-refractivity contribution in [1.29, 1.82) is 0 Å². The lowest BCUT2D eigenvalue weighted by atomic mass is 9.56. The van der Waals surface area contributed by atoms with Gasteiger partial charge in [0.15, 0.2) is 9.75 Å². The highest BCUT2D eigenvalue weighted by molar-refractivity contribution is 9.09. The van der Waals surface area contributed by atoms with Gasteiger partial charge in [-0.15, -0.1) is 23.2 Å². The summed E-state index contributed by atoms with van der Waals surface area (Å²) in [6, 6.07) is 13.9. The second-order valence-electron chi connectivity index (χ2n) is 10.6. The van der Waals surface area contributed by atoms with Gasteiger partial charge in [-0.1, -0.05) is 64.0 Å². The number of carbonyl (C=O) groups excluding carboxylic acids is 4. The zero-order valence-electron chi connectivity index (χ0n) is 21.4. The molecular weight excluding hydrogens is 623 g/mol. The van der Waals surface area contributed by atoms with E-state index in [1.165, 1.54) is 18.1 Å². The van der Waals surface area contributed by atoms with Gasteiger partial charge in [0.2, 0.25) is 11.8 Å². The molecule has 6 rings (SSSR count). The predicted octanol–water partition coefficient (Wildman–Crippen LogP) is 4.31. The molecule has 2 aromatic carbocycles. The molecule has 8 nitrogen and oxygen atoms in total. The fourth-order valence-corrected chi connectivity index (χ4v) is 8.47. The Balaban J connectivity index is 1.52. The summed E-state index contributed by atoms with van der Waals surface area (Å²) in [5.74, 6) is -5.19. The normalized spacial score (nSPS) is 33.0. The Hall–Kier alpha value is -2.88. The van der Waals surface area contributed by atoms with Crippen molar-refractivity contribution in [2.45, 2.75) is 35.1 Å². The lowest BCUT2D eigenvalue weighted by Gasteiger charge is -2.51. The van der Waals surface area contributed by atoms with Gasteiger partial charge >= 0.3 is 0 Å². The van der Waals surface area contributed by atoms with Gasteiger partial charge in [0, 0.05) is 11.5 Å². The van der Waals surface area contributed by atoms with Crippen LogP contribution in [-0.2, 0) is 25.7 Å². The van der Waals surface area contributed by atoms with Crippen LogP contribution < -0.4 is 4.74 Å². The Labute approximate surface area is 249 Å². The van der Waals surface area contributed by atoms with Crippen LogP contribution in [0.4, 0.5) is 0 Å². The van der Waals surface area contributed by atoms with E-state index in [1.807, 2.05) is 36.4 Å².